The predicted octanol–water partition coefficient (Wildman–Crippen LogP) is -1.12. The Balaban J connectivity index is 2.34. The minimum absolute atomic E-state index is 0.0721. The molecule has 13 nitrogen and oxygen atoms in total. The molecule has 1 heterocycles. The van der Waals surface area contributed by atoms with E-state index in [1.165, 1.54) is 6.92 Å². The van der Waals surface area contributed by atoms with Crippen molar-refractivity contribution in [2.45, 2.75) is 70.3 Å². The molecule has 0 spiro atoms. The smallest absolute Gasteiger partial charge is 0.328 e. The summed E-state index contributed by atoms with van der Waals surface area (Å²) in [6.07, 6.45) is 0.190. The third-order valence-electron chi connectivity index (χ3n) is 6.38. The van der Waals surface area contributed by atoms with Gasteiger partial charge in [0.2, 0.25) is 23.6 Å². The number of carbonyl (C=O) groups excluding carboxylic acids is 4. The molecule has 6 atom stereocenters. The van der Waals surface area contributed by atoms with Crippen molar-refractivity contribution >= 4 is 40.5 Å². The van der Waals surface area contributed by atoms with E-state index in [2.05, 4.69) is 20.9 Å². The fraction of sp³-hybridized carbons (Fsp3) is 0.480. The van der Waals surface area contributed by atoms with E-state index in [1.54, 1.807) is 25.3 Å². The maximum atomic E-state index is 13.2. The summed E-state index contributed by atoms with van der Waals surface area (Å²) in [6.45, 7) is 4.80. The zero-order valence-corrected chi connectivity index (χ0v) is 21.6. The molecule has 0 bridgehead atoms. The molecule has 0 aliphatic heterocycles. The van der Waals surface area contributed by atoms with Crippen LogP contribution in [0.2, 0.25) is 0 Å². The first kappa shape index (κ1) is 30.3. The fourth-order valence-corrected chi connectivity index (χ4v) is 3.84. The normalized spacial score (nSPS) is 15.9. The summed E-state index contributed by atoms with van der Waals surface area (Å²) < 4.78 is 0. The fourth-order valence-electron chi connectivity index (χ4n) is 3.84. The van der Waals surface area contributed by atoms with Crippen LogP contribution >= 0.6 is 0 Å². The number of H-pyrrole nitrogens is 1. The number of aromatic amines is 1. The van der Waals surface area contributed by atoms with Crippen molar-refractivity contribution in [3.8, 4) is 0 Å². The average Bonchev–Trinajstić information content (AvgIpc) is 3.27. The van der Waals surface area contributed by atoms with Gasteiger partial charge in [0.05, 0.1) is 18.6 Å². The highest BCUT2D eigenvalue weighted by Crippen LogP contribution is 2.19. The number of aromatic nitrogens is 1. The number of para-hydroxylation sites is 1. The third kappa shape index (κ3) is 8.02. The molecule has 13 heteroatoms. The maximum Gasteiger partial charge on any atom is 0.328 e. The van der Waals surface area contributed by atoms with Gasteiger partial charge in [-0.25, -0.2) is 4.79 Å². The zero-order valence-electron chi connectivity index (χ0n) is 21.6. The van der Waals surface area contributed by atoms with Crippen LogP contribution in [0.5, 0.6) is 0 Å². The first-order valence-electron chi connectivity index (χ1n) is 12.3. The molecule has 0 saturated heterocycles. The lowest BCUT2D eigenvalue weighted by molar-refractivity contribution is -0.145. The minimum Gasteiger partial charge on any atom is -0.480 e. The first-order valence-corrected chi connectivity index (χ1v) is 12.3. The van der Waals surface area contributed by atoms with Crippen LogP contribution in [0.4, 0.5) is 0 Å². The highest BCUT2D eigenvalue weighted by Gasteiger charge is 2.33. The number of carbonyl (C=O) groups is 5. The summed E-state index contributed by atoms with van der Waals surface area (Å²) in [5, 5.41) is 27.1. The van der Waals surface area contributed by atoms with Crippen LogP contribution in [0.1, 0.15) is 39.2 Å². The molecular formula is C25H36N6O7. The van der Waals surface area contributed by atoms with E-state index >= 15 is 0 Å². The van der Waals surface area contributed by atoms with Crippen molar-refractivity contribution in [3.05, 3.63) is 36.0 Å². The number of benzene rings is 1. The molecule has 0 fully saturated rings. The largest absolute Gasteiger partial charge is 0.480 e. The molecule has 1 aromatic heterocycles. The van der Waals surface area contributed by atoms with E-state index in [0.717, 1.165) is 10.9 Å². The molecule has 38 heavy (non-hydrogen) atoms. The van der Waals surface area contributed by atoms with Gasteiger partial charge in [0.25, 0.3) is 0 Å². The van der Waals surface area contributed by atoms with E-state index in [0.29, 0.717) is 12.0 Å². The van der Waals surface area contributed by atoms with Crippen LogP contribution in [0.15, 0.2) is 30.5 Å². The predicted molar refractivity (Wildman–Crippen MR) is 138 cm³/mol. The lowest BCUT2D eigenvalue weighted by atomic mass is 9.98. The number of nitrogens with two attached hydrogens (primary N) is 2. The number of primary amides is 1. The van der Waals surface area contributed by atoms with Crippen molar-refractivity contribution in [1.29, 1.82) is 0 Å². The van der Waals surface area contributed by atoms with Crippen LogP contribution < -0.4 is 27.4 Å². The Morgan fingerprint density at radius 1 is 0.974 bits per heavy atom. The number of aliphatic hydroxyl groups is 1. The van der Waals surface area contributed by atoms with E-state index in [4.69, 9.17) is 11.5 Å². The molecule has 0 aliphatic carbocycles. The number of hydrogen-bond donors (Lipinski definition) is 8. The van der Waals surface area contributed by atoms with E-state index < -0.39 is 66.3 Å². The minimum atomic E-state index is -1.64. The summed E-state index contributed by atoms with van der Waals surface area (Å²) in [7, 11) is 0. The summed E-state index contributed by atoms with van der Waals surface area (Å²) in [6, 6.07) is 1.88. The lowest BCUT2D eigenvalue weighted by Gasteiger charge is -2.26. The van der Waals surface area contributed by atoms with E-state index in [1.807, 2.05) is 19.1 Å². The Morgan fingerprint density at radius 2 is 1.58 bits per heavy atom. The van der Waals surface area contributed by atoms with Crippen LogP contribution in [0.25, 0.3) is 10.9 Å². The molecule has 2 aromatic rings. The highest BCUT2D eigenvalue weighted by molar-refractivity contribution is 5.96. The van der Waals surface area contributed by atoms with E-state index in [9.17, 15) is 34.2 Å². The average molecular weight is 533 g/mol. The molecule has 0 aliphatic rings. The number of carboxylic acids is 1. The second kappa shape index (κ2) is 13.5. The van der Waals surface area contributed by atoms with Gasteiger partial charge >= 0.3 is 5.97 Å². The standard InChI is InChI=1S/C25H36N6O7/c1-4-12(2)20(27)24(36)30-18(10-19(26)33)22(34)29-17(23(35)31-21(13(3)32)25(37)38)9-14-11-28-16-8-6-5-7-15(14)16/h5-8,11-13,17-18,20-21,28,32H,4,9-10,27H2,1-3H3,(H2,26,33)(H,29,34)(H,30,36)(H,31,35)(H,37,38). The van der Waals surface area contributed by atoms with Crippen molar-refractivity contribution in [3.63, 3.8) is 0 Å². The number of rotatable bonds is 14. The quantitative estimate of drug-likeness (QED) is 0.148. The monoisotopic (exact) mass is 532 g/mol. The molecule has 0 saturated carbocycles. The number of carboxylic acid groups (broad SMARTS) is 1. The first-order chi connectivity index (χ1) is 17.8. The summed E-state index contributed by atoms with van der Waals surface area (Å²) >= 11 is 0. The number of amides is 4. The molecule has 10 N–H and O–H groups in total. The van der Waals surface area contributed by atoms with Gasteiger partial charge < -0.3 is 42.6 Å². The van der Waals surface area contributed by atoms with Crippen LogP contribution in [0, 0.1) is 5.92 Å². The Kier molecular flexibility index (Phi) is 10.8. The molecule has 208 valence electrons. The molecule has 1 aromatic carbocycles. The highest BCUT2D eigenvalue weighted by atomic mass is 16.4. The topological polar surface area (TPSA) is 230 Å². The van der Waals surface area contributed by atoms with Gasteiger partial charge in [-0.15, -0.1) is 0 Å². The Hall–Kier alpha value is -3.97. The molecular weight excluding hydrogens is 496 g/mol. The van der Waals surface area contributed by atoms with Crippen LogP contribution in [-0.4, -0.2) is 75.1 Å². The van der Waals surface area contributed by atoms with Gasteiger partial charge in [-0.1, -0.05) is 38.5 Å². The SMILES string of the molecule is CCC(C)C(N)C(=O)NC(CC(N)=O)C(=O)NC(Cc1c[nH]c2ccccc12)C(=O)NC(C(=O)O)C(C)O. The molecule has 0 radical (unpaired) electrons. The lowest BCUT2D eigenvalue weighted by Crippen LogP contribution is -2.59. The molecule has 6 unspecified atom stereocenters. The van der Waals surface area contributed by atoms with Gasteiger partial charge in [0.15, 0.2) is 6.04 Å². The van der Waals surface area contributed by atoms with Crippen molar-refractivity contribution in [2.24, 2.45) is 17.4 Å². The second-order valence-electron chi connectivity index (χ2n) is 9.33. The van der Waals surface area contributed by atoms with Crippen LogP contribution in [-0.2, 0) is 30.4 Å². The van der Waals surface area contributed by atoms with Gasteiger partial charge in [0.1, 0.15) is 12.1 Å². The van der Waals surface area contributed by atoms with Gasteiger partial charge in [-0.2, -0.15) is 0 Å². The van der Waals surface area contributed by atoms with Crippen molar-refractivity contribution in [1.82, 2.24) is 20.9 Å². The third-order valence-corrected chi connectivity index (χ3v) is 6.38. The number of nitrogens with one attached hydrogen (secondary N) is 4. The van der Waals surface area contributed by atoms with Gasteiger partial charge in [0, 0.05) is 23.5 Å². The summed E-state index contributed by atoms with van der Waals surface area (Å²) in [5.41, 5.74) is 12.6. The number of aliphatic hydroxyl groups excluding tert-OH is 1. The number of hydrogen-bond acceptors (Lipinski definition) is 7. The Labute approximate surface area is 219 Å². The molecule has 2 rings (SSSR count). The Morgan fingerprint density at radius 3 is 2.16 bits per heavy atom. The van der Waals surface area contributed by atoms with Crippen molar-refractivity contribution in [2.75, 3.05) is 0 Å². The zero-order chi connectivity index (χ0) is 28.6. The summed E-state index contributed by atoms with van der Waals surface area (Å²) in [4.78, 5) is 65.2. The van der Waals surface area contributed by atoms with Crippen molar-refractivity contribution < 1.29 is 34.2 Å². The number of fused-ring (bicyclic) bond motifs is 1. The van der Waals surface area contributed by atoms with E-state index in [-0.39, 0.29) is 12.3 Å². The summed E-state index contributed by atoms with van der Waals surface area (Å²) in [5.74, 6) is -5.00. The Bertz CT molecular complexity index is 1160. The second-order valence-corrected chi connectivity index (χ2v) is 9.33. The number of aliphatic carboxylic acids is 1. The molecule has 4 amide bonds. The van der Waals surface area contributed by atoms with Gasteiger partial charge in [-0.3, -0.25) is 19.2 Å². The van der Waals surface area contributed by atoms with Gasteiger partial charge in [-0.05, 0) is 24.5 Å². The van der Waals surface area contributed by atoms with Crippen LogP contribution in [0.3, 0.4) is 0 Å². The maximum absolute atomic E-state index is 13.2.